The predicted molar refractivity (Wildman–Crippen MR) is 113 cm³/mol. The number of hydrogen-bond donors (Lipinski definition) is 2. The van der Waals surface area contributed by atoms with Gasteiger partial charge in [0.2, 0.25) is 5.89 Å². The maximum Gasteiger partial charge on any atom is 0.330 e. The largest absolute Gasteiger partial charge is 0.440 e. The van der Waals surface area contributed by atoms with Gasteiger partial charge < -0.3 is 14.7 Å². The van der Waals surface area contributed by atoms with Gasteiger partial charge in [-0.3, -0.25) is 9.36 Å². The van der Waals surface area contributed by atoms with E-state index in [-0.39, 0.29) is 17.5 Å². The summed E-state index contributed by atoms with van der Waals surface area (Å²) in [6.07, 6.45) is 3.64. The number of amides is 1. The number of oxazole rings is 1. The minimum atomic E-state index is -0.321. The number of aromatic amines is 1. The molecule has 1 fully saturated rings. The Labute approximate surface area is 172 Å². The number of imidazole rings is 1. The quantitative estimate of drug-likeness (QED) is 0.523. The summed E-state index contributed by atoms with van der Waals surface area (Å²) in [5.74, 6) is 1.01. The highest BCUT2D eigenvalue weighted by Crippen LogP contribution is 2.43. The second-order valence-corrected chi connectivity index (χ2v) is 7.45. The van der Waals surface area contributed by atoms with Gasteiger partial charge in [0, 0.05) is 29.1 Å². The molecule has 1 amide bonds. The molecule has 5 rings (SSSR count). The average molecular weight is 400 g/mol. The van der Waals surface area contributed by atoms with Crippen molar-refractivity contribution in [3.05, 3.63) is 88.4 Å². The number of carbonyl (C=O) groups excluding carboxylic acids is 1. The third-order valence-corrected chi connectivity index (χ3v) is 5.16. The number of H-pyrrole nitrogens is 1. The Morgan fingerprint density at radius 1 is 1.17 bits per heavy atom. The van der Waals surface area contributed by atoms with Crippen LogP contribution in [0.15, 0.2) is 70.0 Å². The molecular weight excluding hydrogens is 380 g/mol. The predicted octanol–water partition coefficient (Wildman–Crippen LogP) is 4.26. The summed E-state index contributed by atoms with van der Waals surface area (Å²) in [5.41, 5.74) is 2.96. The van der Waals surface area contributed by atoms with Gasteiger partial charge in [0.15, 0.2) is 5.69 Å². The van der Waals surface area contributed by atoms with E-state index in [0.29, 0.717) is 28.7 Å². The van der Waals surface area contributed by atoms with Crippen LogP contribution in [0.5, 0.6) is 0 Å². The van der Waals surface area contributed by atoms with Crippen LogP contribution in [-0.4, -0.2) is 20.4 Å². The maximum absolute atomic E-state index is 13.0. The highest BCUT2D eigenvalue weighted by Gasteiger charge is 2.34. The van der Waals surface area contributed by atoms with Crippen molar-refractivity contribution in [2.45, 2.75) is 25.7 Å². The summed E-state index contributed by atoms with van der Waals surface area (Å²) in [6.45, 7) is 1.84. The molecule has 2 N–H and O–H groups in total. The molecule has 2 heterocycles. The lowest BCUT2D eigenvalue weighted by Crippen LogP contribution is -2.17. The second-order valence-electron chi connectivity index (χ2n) is 7.45. The summed E-state index contributed by atoms with van der Waals surface area (Å²) in [4.78, 5) is 32.3. The molecule has 0 atom stereocenters. The second kappa shape index (κ2) is 7.18. The first-order valence-corrected chi connectivity index (χ1v) is 9.85. The van der Waals surface area contributed by atoms with E-state index >= 15 is 0 Å². The van der Waals surface area contributed by atoms with Crippen LogP contribution in [0.3, 0.4) is 0 Å². The van der Waals surface area contributed by atoms with Crippen molar-refractivity contribution in [1.82, 2.24) is 14.5 Å². The number of anilines is 1. The van der Waals surface area contributed by atoms with Gasteiger partial charge in [-0.25, -0.2) is 9.78 Å². The zero-order valence-electron chi connectivity index (χ0n) is 16.4. The third-order valence-electron chi connectivity index (χ3n) is 5.16. The molecule has 0 spiro atoms. The van der Waals surface area contributed by atoms with Gasteiger partial charge in [0.05, 0.1) is 5.69 Å². The molecule has 150 valence electrons. The molecule has 0 aliphatic heterocycles. The smallest absolute Gasteiger partial charge is 0.330 e. The lowest BCUT2D eigenvalue weighted by Gasteiger charge is -2.08. The van der Waals surface area contributed by atoms with E-state index in [1.54, 1.807) is 29.0 Å². The highest BCUT2D eigenvalue weighted by atomic mass is 16.4. The first kappa shape index (κ1) is 18.2. The van der Waals surface area contributed by atoms with E-state index in [0.717, 1.165) is 24.1 Å². The number of carbonyl (C=O) groups is 1. The van der Waals surface area contributed by atoms with Crippen LogP contribution in [0.2, 0.25) is 0 Å². The van der Waals surface area contributed by atoms with Crippen LogP contribution in [-0.2, 0) is 0 Å². The van der Waals surface area contributed by atoms with Crippen LogP contribution >= 0.6 is 0 Å². The summed E-state index contributed by atoms with van der Waals surface area (Å²) < 4.78 is 7.53. The topological polar surface area (TPSA) is 92.9 Å². The zero-order valence-corrected chi connectivity index (χ0v) is 16.4. The third kappa shape index (κ3) is 3.34. The van der Waals surface area contributed by atoms with Gasteiger partial charge in [-0.15, -0.1) is 0 Å². The fourth-order valence-corrected chi connectivity index (χ4v) is 3.51. The van der Waals surface area contributed by atoms with Crippen LogP contribution in [0.1, 0.15) is 40.7 Å². The molecule has 1 saturated carbocycles. The molecule has 2 aromatic carbocycles. The van der Waals surface area contributed by atoms with Crippen molar-refractivity contribution in [1.29, 1.82) is 0 Å². The number of aryl methyl sites for hydroxylation is 1. The summed E-state index contributed by atoms with van der Waals surface area (Å²) in [7, 11) is 0. The van der Waals surface area contributed by atoms with Crippen molar-refractivity contribution >= 4 is 11.6 Å². The molecule has 7 heteroatoms. The molecule has 0 bridgehead atoms. The molecule has 2 aromatic heterocycles. The van der Waals surface area contributed by atoms with Crippen LogP contribution in [0.25, 0.3) is 17.1 Å². The van der Waals surface area contributed by atoms with Gasteiger partial charge in [-0.1, -0.05) is 24.3 Å². The minimum absolute atomic E-state index is 0.226. The number of aromatic nitrogens is 3. The summed E-state index contributed by atoms with van der Waals surface area (Å²) >= 11 is 0. The number of benzene rings is 2. The zero-order chi connectivity index (χ0) is 20.7. The number of nitrogens with zero attached hydrogens (tertiary/aromatic N) is 2. The van der Waals surface area contributed by atoms with E-state index in [2.05, 4.69) is 15.3 Å². The molecule has 30 heavy (non-hydrogen) atoms. The molecule has 1 aliphatic rings. The van der Waals surface area contributed by atoms with Crippen molar-refractivity contribution in [2.75, 3.05) is 5.32 Å². The van der Waals surface area contributed by atoms with E-state index in [1.165, 1.54) is 0 Å². The van der Waals surface area contributed by atoms with E-state index in [1.807, 2.05) is 43.3 Å². The number of hydrogen-bond acceptors (Lipinski definition) is 4. The lowest BCUT2D eigenvalue weighted by molar-refractivity contribution is 0.102. The lowest BCUT2D eigenvalue weighted by atomic mass is 10.2. The molecule has 7 nitrogen and oxygen atoms in total. The Balaban J connectivity index is 1.46. The van der Waals surface area contributed by atoms with Gasteiger partial charge in [0.25, 0.3) is 5.91 Å². The fourth-order valence-electron chi connectivity index (χ4n) is 3.51. The maximum atomic E-state index is 13.0. The van der Waals surface area contributed by atoms with Crippen LogP contribution in [0, 0.1) is 6.92 Å². The van der Waals surface area contributed by atoms with E-state index in [4.69, 9.17) is 4.42 Å². The van der Waals surface area contributed by atoms with Crippen molar-refractivity contribution in [2.24, 2.45) is 0 Å². The van der Waals surface area contributed by atoms with Crippen molar-refractivity contribution in [3.8, 4) is 17.1 Å². The molecular formula is C23H20N4O3. The van der Waals surface area contributed by atoms with Gasteiger partial charge in [-0.2, -0.15) is 0 Å². The Morgan fingerprint density at radius 3 is 2.67 bits per heavy atom. The van der Waals surface area contributed by atoms with E-state index in [9.17, 15) is 9.59 Å². The first-order chi connectivity index (χ1) is 14.6. The molecule has 0 saturated heterocycles. The molecule has 4 aromatic rings. The number of nitrogens with one attached hydrogen (secondary N) is 2. The Morgan fingerprint density at radius 2 is 1.97 bits per heavy atom. The molecule has 0 radical (unpaired) electrons. The normalized spacial score (nSPS) is 13.4. The Bertz CT molecular complexity index is 1280. The van der Waals surface area contributed by atoms with Gasteiger partial charge in [0.1, 0.15) is 5.76 Å². The Kier molecular flexibility index (Phi) is 4.35. The SMILES string of the molecule is Cc1c[nH]c(=O)n1-c1cccc(NC(=O)c2nc(-c3ccccc3)oc2C2CC2)c1. The standard InChI is InChI=1S/C23H20N4O3/c1-14-13-24-23(29)27(14)18-9-5-8-17(12-18)25-21(28)19-20(15-10-11-15)30-22(26-19)16-6-3-2-4-7-16/h2-9,12-13,15H,10-11H2,1H3,(H,24,29)(H,25,28). The first-order valence-electron chi connectivity index (χ1n) is 9.85. The minimum Gasteiger partial charge on any atom is -0.440 e. The Hall–Kier alpha value is -3.87. The van der Waals surface area contributed by atoms with Crippen molar-refractivity contribution < 1.29 is 9.21 Å². The highest BCUT2D eigenvalue weighted by molar-refractivity contribution is 6.04. The molecule has 1 aliphatic carbocycles. The van der Waals surface area contributed by atoms with Gasteiger partial charge >= 0.3 is 5.69 Å². The summed E-state index contributed by atoms with van der Waals surface area (Å²) in [6, 6.07) is 16.7. The average Bonchev–Trinajstić information content (AvgIpc) is 3.41. The van der Waals surface area contributed by atoms with E-state index < -0.39 is 0 Å². The monoisotopic (exact) mass is 400 g/mol. The molecule has 0 unspecified atom stereocenters. The van der Waals surface area contributed by atoms with Gasteiger partial charge in [-0.05, 0) is 50.1 Å². The van der Waals surface area contributed by atoms with Crippen LogP contribution < -0.4 is 11.0 Å². The summed E-state index contributed by atoms with van der Waals surface area (Å²) in [5, 5.41) is 2.90. The fraction of sp³-hybridized carbons (Fsp3) is 0.174. The van der Waals surface area contributed by atoms with Crippen LogP contribution in [0.4, 0.5) is 5.69 Å². The van der Waals surface area contributed by atoms with Crippen molar-refractivity contribution in [3.63, 3.8) is 0 Å². The number of rotatable bonds is 5.